The van der Waals surface area contributed by atoms with Crippen LogP contribution in [0.15, 0.2) is 42.5 Å². The third-order valence-electron chi connectivity index (χ3n) is 7.31. The van der Waals surface area contributed by atoms with Crippen molar-refractivity contribution in [1.82, 2.24) is 15.1 Å². The molecule has 1 aliphatic rings. The number of fused-ring (bicyclic) bond motifs is 1. The van der Waals surface area contributed by atoms with Gasteiger partial charge in [0.2, 0.25) is 18.2 Å². The van der Waals surface area contributed by atoms with E-state index in [0.29, 0.717) is 19.4 Å². The maximum Gasteiger partial charge on any atom is 0.303 e. The lowest BCUT2D eigenvalue weighted by atomic mass is 9.99. The second kappa shape index (κ2) is 15.4. The molecule has 1 saturated heterocycles. The fourth-order valence-electron chi connectivity index (χ4n) is 5.20. The van der Waals surface area contributed by atoms with Crippen molar-refractivity contribution >= 4 is 47.4 Å². The van der Waals surface area contributed by atoms with E-state index in [2.05, 4.69) is 5.32 Å². The van der Waals surface area contributed by atoms with Gasteiger partial charge in [-0.1, -0.05) is 56.3 Å². The summed E-state index contributed by atoms with van der Waals surface area (Å²) in [5.41, 5.74) is 6.60. The minimum absolute atomic E-state index is 0. The number of hydrogen-bond donors (Lipinski definition) is 2. The minimum atomic E-state index is -0.871. The predicted octanol–water partition coefficient (Wildman–Crippen LogP) is 3.02. The molecule has 2 unspecified atom stereocenters. The Morgan fingerprint density at radius 2 is 1.85 bits per heavy atom. The van der Waals surface area contributed by atoms with E-state index in [4.69, 9.17) is 10.5 Å². The van der Waals surface area contributed by atoms with Crippen LogP contribution in [-0.4, -0.2) is 71.9 Å². The molecule has 2 aromatic carbocycles. The molecule has 0 aromatic heterocycles. The van der Waals surface area contributed by atoms with Gasteiger partial charge in [0.1, 0.15) is 18.3 Å². The van der Waals surface area contributed by atoms with Crippen LogP contribution >= 0.6 is 12.4 Å². The summed E-state index contributed by atoms with van der Waals surface area (Å²) in [7, 11) is 0. The van der Waals surface area contributed by atoms with Crippen molar-refractivity contribution in [1.29, 1.82) is 0 Å². The van der Waals surface area contributed by atoms with Crippen LogP contribution in [0.1, 0.15) is 52.0 Å². The van der Waals surface area contributed by atoms with Gasteiger partial charge in [-0.15, -0.1) is 12.4 Å². The summed E-state index contributed by atoms with van der Waals surface area (Å²) in [6, 6.07) is 13.0. The number of rotatable bonds is 13. The van der Waals surface area contributed by atoms with Crippen LogP contribution < -0.4 is 11.1 Å². The summed E-state index contributed by atoms with van der Waals surface area (Å²) in [6.07, 6.45) is 2.56. The zero-order chi connectivity index (χ0) is 27.7. The number of nitrogens with zero attached hydrogens (tertiary/aromatic N) is 2. The second-order valence-electron chi connectivity index (χ2n) is 9.83. The average Bonchev–Trinajstić information content (AvgIpc) is 3.40. The molecule has 1 heterocycles. The summed E-state index contributed by atoms with van der Waals surface area (Å²) in [4.78, 5) is 54.1. The lowest BCUT2D eigenvalue weighted by molar-refractivity contribution is -0.148. The van der Waals surface area contributed by atoms with Crippen LogP contribution in [0.5, 0.6) is 0 Å². The lowest BCUT2D eigenvalue weighted by Crippen LogP contribution is -2.57. The smallest absolute Gasteiger partial charge is 0.303 e. The van der Waals surface area contributed by atoms with E-state index in [1.54, 1.807) is 4.90 Å². The summed E-state index contributed by atoms with van der Waals surface area (Å²) in [5.74, 6) is -0.977. The molecule has 3 amide bonds. The van der Waals surface area contributed by atoms with Gasteiger partial charge in [-0.05, 0) is 42.0 Å². The van der Waals surface area contributed by atoms with E-state index in [1.807, 2.05) is 56.3 Å². The molecule has 9 nitrogen and oxygen atoms in total. The number of amides is 3. The molecule has 3 atom stereocenters. The minimum Gasteiger partial charge on any atom is -0.459 e. The van der Waals surface area contributed by atoms with Crippen molar-refractivity contribution in [2.45, 2.75) is 71.2 Å². The van der Waals surface area contributed by atoms with Crippen LogP contribution in [0.25, 0.3) is 10.8 Å². The summed E-state index contributed by atoms with van der Waals surface area (Å²) in [6.45, 7) is 5.88. The van der Waals surface area contributed by atoms with E-state index < -0.39 is 30.2 Å². The predicted molar refractivity (Wildman–Crippen MR) is 153 cm³/mol. The fraction of sp³-hybridized carbons (Fsp3) is 0.517. The van der Waals surface area contributed by atoms with Gasteiger partial charge >= 0.3 is 5.97 Å². The molecule has 3 rings (SSSR count). The quantitative estimate of drug-likeness (QED) is 0.287. The Balaban J connectivity index is 0.00000533. The number of hydrogen-bond acceptors (Lipinski definition) is 6. The van der Waals surface area contributed by atoms with E-state index in [0.717, 1.165) is 35.6 Å². The van der Waals surface area contributed by atoms with Gasteiger partial charge in [-0.2, -0.15) is 0 Å². The standard InChI is InChI=1S/C29H40N4O5.ClH/c1-4-22(5-2)29(37)32-14-8-11-27(32)33(19-34)26(28(36)31-18-25(17-30)38-20(3)35)16-21-12-13-23-9-6-7-10-24(23)15-21;/h6-7,9-10,12-13,15,19,22,25-27H,4-5,8,11,14,16-18,30H2,1-3H3,(H,31,36);1H/t25?,26-,27?;/m1./s1. The van der Waals surface area contributed by atoms with E-state index >= 15 is 0 Å². The highest BCUT2D eigenvalue weighted by atomic mass is 35.5. The molecular formula is C29H41ClN4O5. The highest BCUT2D eigenvalue weighted by molar-refractivity contribution is 5.86. The van der Waals surface area contributed by atoms with Gasteiger partial charge in [0.25, 0.3) is 0 Å². The number of likely N-dealkylation sites (tertiary alicyclic amines) is 1. The molecule has 0 aliphatic carbocycles. The summed E-state index contributed by atoms with van der Waals surface area (Å²) in [5, 5.41) is 4.94. The van der Waals surface area contributed by atoms with Gasteiger partial charge in [0.15, 0.2) is 0 Å². The highest BCUT2D eigenvalue weighted by Gasteiger charge is 2.40. The normalized spacial score (nSPS) is 16.3. The van der Waals surface area contributed by atoms with Gasteiger partial charge in [0.05, 0.1) is 6.54 Å². The maximum absolute atomic E-state index is 13.6. The number of esters is 1. The number of halogens is 1. The van der Waals surface area contributed by atoms with Gasteiger partial charge in [0, 0.05) is 32.4 Å². The second-order valence-corrected chi connectivity index (χ2v) is 9.83. The molecule has 3 N–H and O–H groups in total. The van der Waals surface area contributed by atoms with Crippen molar-refractivity contribution in [2.24, 2.45) is 11.7 Å². The SMILES string of the molecule is CCC(CC)C(=O)N1CCCC1N(C=O)[C@H](Cc1ccc2ccccc2c1)C(=O)NCC(CN)OC(C)=O.Cl. The first-order valence-corrected chi connectivity index (χ1v) is 13.5. The van der Waals surface area contributed by atoms with Crippen molar-refractivity contribution in [2.75, 3.05) is 19.6 Å². The first-order valence-electron chi connectivity index (χ1n) is 13.5. The Labute approximate surface area is 236 Å². The first kappa shape index (κ1) is 32.0. The Kier molecular flexibility index (Phi) is 12.7. The monoisotopic (exact) mass is 560 g/mol. The van der Waals surface area contributed by atoms with Crippen molar-refractivity contribution in [3.63, 3.8) is 0 Å². The van der Waals surface area contributed by atoms with Crippen molar-refractivity contribution in [3.05, 3.63) is 48.0 Å². The number of benzene rings is 2. The molecule has 39 heavy (non-hydrogen) atoms. The molecule has 0 spiro atoms. The zero-order valence-corrected chi connectivity index (χ0v) is 23.8. The van der Waals surface area contributed by atoms with Crippen LogP contribution in [-0.2, 0) is 30.3 Å². The van der Waals surface area contributed by atoms with Crippen LogP contribution in [0.3, 0.4) is 0 Å². The van der Waals surface area contributed by atoms with E-state index in [9.17, 15) is 19.2 Å². The lowest BCUT2D eigenvalue weighted by Gasteiger charge is -2.38. The molecule has 0 radical (unpaired) electrons. The topological polar surface area (TPSA) is 122 Å². The number of carbonyl (C=O) groups is 4. The Bertz CT molecular complexity index is 1130. The summed E-state index contributed by atoms with van der Waals surface area (Å²) >= 11 is 0. The molecule has 0 saturated carbocycles. The molecule has 10 heteroatoms. The van der Waals surface area contributed by atoms with E-state index in [-0.39, 0.29) is 43.7 Å². The maximum atomic E-state index is 13.6. The Morgan fingerprint density at radius 3 is 2.46 bits per heavy atom. The number of ether oxygens (including phenoxy) is 1. The molecule has 1 aliphatic heterocycles. The first-order chi connectivity index (χ1) is 18.3. The largest absolute Gasteiger partial charge is 0.459 e. The van der Waals surface area contributed by atoms with Gasteiger partial charge in [-0.25, -0.2) is 0 Å². The third kappa shape index (κ3) is 8.16. The number of carbonyl (C=O) groups excluding carboxylic acids is 4. The highest BCUT2D eigenvalue weighted by Crippen LogP contribution is 2.27. The number of nitrogens with two attached hydrogens (primary N) is 1. The molecule has 1 fully saturated rings. The van der Waals surface area contributed by atoms with E-state index in [1.165, 1.54) is 11.8 Å². The van der Waals surface area contributed by atoms with Crippen molar-refractivity contribution < 1.29 is 23.9 Å². The van der Waals surface area contributed by atoms with Gasteiger partial charge < -0.3 is 25.6 Å². The zero-order valence-electron chi connectivity index (χ0n) is 23.0. The molecular weight excluding hydrogens is 520 g/mol. The van der Waals surface area contributed by atoms with Crippen molar-refractivity contribution in [3.8, 4) is 0 Å². The Hall–Kier alpha value is -3.17. The average molecular weight is 561 g/mol. The van der Waals surface area contributed by atoms with Crippen LogP contribution in [0, 0.1) is 5.92 Å². The van der Waals surface area contributed by atoms with Crippen LogP contribution in [0.2, 0.25) is 0 Å². The molecule has 0 bridgehead atoms. The fourth-order valence-corrected chi connectivity index (χ4v) is 5.20. The Morgan fingerprint density at radius 1 is 1.15 bits per heavy atom. The van der Waals surface area contributed by atoms with Crippen LogP contribution in [0.4, 0.5) is 0 Å². The third-order valence-corrected chi connectivity index (χ3v) is 7.31. The number of nitrogens with one attached hydrogen (secondary N) is 1. The van der Waals surface area contributed by atoms with Gasteiger partial charge in [-0.3, -0.25) is 19.2 Å². The molecule has 214 valence electrons. The summed E-state index contributed by atoms with van der Waals surface area (Å²) < 4.78 is 5.17. The molecule has 2 aromatic rings.